The van der Waals surface area contributed by atoms with Crippen molar-refractivity contribution in [2.24, 2.45) is 11.8 Å². The molecule has 0 saturated heterocycles. The molecule has 2 atom stereocenters. The van der Waals surface area contributed by atoms with Crippen molar-refractivity contribution < 1.29 is 0 Å². The molecule has 0 bridgehead atoms. The Bertz CT molecular complexity index is 609. The molecule has 1 N–H and O–H groups in total. The highest BCUT2D eigenvalue weighted by Gasteiger charge is 2.33. The number of thiophene rings is 1. The van der Waals surface area contributed by atoms with Crippen LogP contribution >= 0.6 is 11.3 Å². The SMILES string of the molecule is CCCNc1nc(CN(C)CC2CC2C)nc2sccc12. The van der Waals surface area contributed by atoms with Crippen LogP contribution in [0.1, 0.15) is 32.5 Å². The lowest BCUT2D eigenvalue weighted by Crippen LogP contribution is -2.22. The number of nitrogens with zero attached hydrogens (tertiary/aromatic N) is 3. The molecule has 2 aromatic rings. The molecule has 2 heterocycles. The first kappa shape index (κ1) is 14.7. The fourth-order valence-electron chi connectivity index (χ4n) is 2.71. The van der Waals surface area contributed by atoms with Gasteiger partial charge in [-0.15, -0.1) is 11.3 Å². The highest BCUT2D eigenvalue weighted by atomic mass is 32.1. The molecular weight excluding hydrogens is 280 g/mol. The molecule has 0 amide bonds. The molecule has 1 aliphatic rings. The zero-order valence-corrected chi connectivity index (χ0v) is 13.9. The van der Waals surface area contributed by atoms with Crippen LogP contribution in [0.15, 0.2) is 11.4 Å². The lowest BCUT2D eigenvalue weighted by molar-refractivity contribution is 0.300. The van der Waals surface area contributed by atoms with Crippen LogP contribution in [-0.4, -0.2) is 35.0 Å². The predicted octanol–water partition coefficient (Wildman–Crippen LogP) is 3.60. The summed E-state index contributed by atoms with van der Waals surface area (Å²) in [6.07, 6.45) is 2.48. The Hall–Kier alpha value is -1.20. The summed E-state index contributed by atoms with van der Waals surface area (Å²) in [4.78, 5) is 12.9. The van der Waals surface area contributed by atoms with Gasteiger partial charge in [0.15, 0.2) is 0 Å². The van der Waals surface area contributed by atoms with E-state index in [9.17, 15) is 0 Å². The average Bonchev–Trinajstić information content (AvgIpc) is 2.95. The van der Waals surface area contributed by atoms with Gasteiger partial charge in [0.25, 0.3) is 0 Å². The van der Waals surface area contributed by atoms with Crippen molar-refractivity contribution in [2.45, 2.75) is 33.2 Å². The number of hydrogen-bond donors (Lipinski definition) is 1. The minimum atomic E-state index is 0.831. The van der Waals surface area contributed by atoms with E-state index in [0.29, 0.717) is 0 Å². The fourth-order valence-corrected chi connectivity index (χ4v) is 3.49. The summed E-state index contributed by atoms with van der Waals surface area (Å²) < 4.78 is 0. The normalized spacial score (nSPS) is 21.1. The van der Waals surface area contributed by atoms with Crippen molar-refractivity contribution in [3.05, 3.63) is 17.3 Å². The lowest BCUT2D eigenvalue weighted by Gasteiger charge is -2.16. The Balaban J connectivity index is 1.74. The van der Waals surface area contributed by atoms with Gasteiger partial charge in [0.2, 0.25) is 0 Å². The van der Waals surface area contributed by atoms with E-state index in [1.54, 1.807) is 11.3 Å². The second-order valence-electron chi connectivity index (χ2n) is 6.22. The third kappa shape index (κ3) is 3.52. The zero-order chi connectivity index (χ0) is 14.8. The molecule has 1 fully saturated rings. The van der Waals surface area contributed by atoms with E-state index in [1.807, 2.05) is 0 Å². The minimum absolute atomic E-state index is 0.831. The summed E-state index contributed by atoms with van der Waals surface area (Å²) in [5.74, 6) is 3.69. The highest BCUT2D eigenvalue weighted by Crippen LogP contribution is 2.38. The van der Waals surface area contributed by atoms with Gasteiger partial charge in [-0.3, -0.25) is 4.90 Å². The van der Waals surface area contributed by atoms with Crippen molar-refractivity contribution in [3.8, 4) is 0 Å². The summed E-state index contributed by atoms with van der Waals surface area (Å²) >= 11 is 1.69. The quantitative estimate of drug-likeness (QED) is 0.848. The first-order valence-electron chi connectivity index (χ1n) is 7.84. The van der Waals surface area contributed by atoms with E-state index >= 15 is 0 Å². The third-order valence-electron chi connectivity index (χ3n) is 4.15. The van der Waals surface area contributed by atoms with Crippen molar-refractivity contribution >= 4 is 27.4 Å². The van der Waals surface area contributed by atoms with Crippen LogP contribution in [0.4, 0.5) is 5.82 Å². The second kappa shape index (κ2) is 6.28. The molecule has 4 nitrogen and oxygen atoms in total. The standard InChI is InChI=1S/C16H24N4S/c1-4-6-17-15-13-5-7-21-16(13)19-14(18-15)10-20(3)9-12-8-11(12)2/h5,7,11-12H,4,6,8-10H2,1-3H3,(H,17,18,19). The Kier molecular flexibility index (Phi) is 4.40. The molecule has 0 aliphatic heterocycles. The van der Waals surface area contributed by atoms with Crippen LogP contribution in [-0.2, 0) is 6.54 Å². The molecule has 2 unspecified atom stereocenters. The van der Waals surface area contributed by atoms with Crippen LogP contribution in [0.3, 0.4) is 0 Å². The molecule has 21 heavy (non-hydrogen) atoms. The number of anilines is 1. The molecule has 2 aromatic heterocycles. The van der Waals surface area contributed by atoms with E-state index in [-0.39, 0.29) is 0 Å². The fraction of sp³-hybridized carbons (Fsp3) is 0.625. The summed E-state index contributed by atoms with van der Waals surface area (Å²) in [7, 11) is 2.17. The Labute approximate surface area is 130 Å². The second-order valence-corrected chi connectivity index (χ2v) is 7.12. The molecule has 0 radical (unpaired) electrons. The summed E-state index contributed by atoms with van der Waals surface area (Å²) in [6.45, 7) is 7.45. The van der Waals surface area contributed by atoms with Gasteiger partial charge in [0.1, 0.15) is 16.5 Å². The summed E-state index contributed by atoms with van der Waals surface area (Å²) in [5.41, 5.74) is 0. The van der Waals surface area contributed by atoms with Crippen LogP contribution in [0, 0.1) is 11.8 Å². The maximum Gasteiger partial charge on any atom is 0.146 e. The van der Waals surface area contributed by atoms with E-state index in [0.717, 1.165) is 59.7 Å². The Morgan fingerprint density at radius 2 is 2.24 bits per heavy atom. The van der Waals surface area contributed by atoms with Gasteiger partial charge in [-0.05, 0) is 43.2 Å². The number of aromatic nitrogens is 2. The maximum absolute atomic E-state index is 4.74. The van der Waals surface area contributed by atoms with Crippen molar-refractivity contribution in [1.82, 2.24) is 14.9 Å². The van der Waals surface area contributed by atoms with Crippen LogP contribution in [0.2, 0.25) is 0 Å². The lowest BCUT2D eigenvalue weighted by atomic mass is 10.3. The van der Waals surface area contributed by atoms with E-state index in [4.69, 9.17) is 9.97 Å². The van der Waals surface area contributed by atoms with Crippen LogP contribution in [0.5, 0.6) is 0 Å². The van der Waals surface area contributed by atoms with Gasteiger partial charge in [0.05, 0.1) is 11.9 Å². The topological polar surface area (TPSA) is 41.1 Å². The van der Waals surface area contributed by atoms with Crippen molar-refractivity contribution in [3.63, 3.8) is 0 Å². The average molecular weight is 304 g/mol. The van der Waals surface area contributed by atoms with Gasteiger partial charge >= 0.3 is 0 Å². The van der Waals surface area contributed by atoms with Gasteiger partial charge < -0.3 is 5.32 Å². The maximum atomic E-state index is 4.74. The first-order valence-corrected chi connectivity index (χ1v) is 8.72. The van der Waals surface area contributed by atoms with Gasteiger partial charge in [0, 0.05) is 13.1 Å². The summed E-state index contributed by atoms with van der Waals surface area (Å²) in [6, 6.07) is 2.11. The molecule has 114 valence electrons. The van der Waals surface area contributed by atoms with Crippen LogP contribution in [0.25, 0.3) is 10.2 Å². The minimum Gasteiger partial charge on any atom is -0.369 e. The zero-order valence-electron chi connectivity index (χ0n) is 13.1. The van der Waals surface area contributed by atoms with Crippen molar-refractivity contribution in [1.29, 1.82) is 0 Å². The smallest absolute Gasteiger partial charge is 0.146 e. The predicted molar refractivity (Wildman–Crippen MR) is 89.8 cm³/mol. The first-order chi connectivity index (χ1) is 10.2. The molecule has 5 heteroatoms. The Morgan fingerprint density at radius 3 is 2.95 bits per heavy atom. The molecule has 1 aliphatic carbocycles. The van der Waals surface area contributed by atoms with E-state index < -0.39 is 0 Å². The molecule has 3 rings (SSSR count). The monoisotopic (exact) mass is 304 g/mol. The number of nitrogens with one attached hydrogen (secondary N) is 1. The number of hydrogen-bond acceptors (Lipinski definition) is 5. The van der Waals surface area contributed by atoms with Gasteiger partial charge in [-0.2, -0.15) is 0 Å². The van der Waals surface area contributed by atoms with Gasteiger partial charge in [-0.1, -0.05) is 13.8 Å². The largest absolute Gasteiger partial charge is 0.369 e. The number of rotatable bonds is 7. The third-order valence-corrected chi connectivity index (χ3v) is 4.95. The Morgan fingerprint density at radius 1 is 1.43 bits per heavy atom. The highest BCUT2D eigenvalue weighted by molar-refractivity contribution is 7.16. The summed E-state index contributed by atoms with van der Waals surface area (Å²) in [5, 5.41) is 6.68. The number of fused-ring (bicyclic) bond motifs is 1. The van der Waals surface area contributed by atoms with E-state index in [1.165, 1.54) is 6.42 Å². The van der Waals surface area contributed by atoms with Gasteiger partial charge in [-0.25, -0.2) is 9.97 Å². The van der Waals surface area contributed by atoms with Crippen LogP contribution < -0.4 is 5.32 Å². The molecule has 0 aromatic carbocycles. The van der Waals surface area contributed by atoms with E-state index in [2.05, 4.69) is 42.6 Å². The molecule has 1 saturated carbocycles. The van der Waals surface area contributed by atoms with Crippen molar-refractivity contribution in [2.75, 3.05) is 25.5 Å². The molecule has 0 spiro atoms. The molecular formula is C16H24N4S.